The van der Waals surface area contributed by atoms with E-state index in [1.807, 2.05) is 48.5 Å². The molecule has 2 amide bonds. The van der Waals surface area contributed by atoms with Crippen LogP contribution < -0.4 is 4.90 Å². The van der Waals surface area contributed by atoms with E-state index in [0.29, 0.717) is 11.3 Å². The van der Waals surface area contributed by atoms with Crippen molar-refractivity contribution in [3.63, 3.8) is 0 Å². The molecule has 0 N–H and O–H groups in total. The van der Waals surface area contributed by atoms with Crippen LogP contribution in [0, 0.1) is 0 Å². The van der Waals surface area contributed by atoms with Gasteiger partial charge in [0.2, 0.25) is 0 Å². The van der Waals surface area contributed by atoms with Gasteiger partial charge < -0.3 is 0 Å². The van der Waals surface area contributed by atoms with Crippen molar-refractivity contribution in [2.75, 3.05) is 4.90 Å². The molecule has 1 aliphatic rings. The maximum Gasteiger partial charge on any atom is 0.258 e. The second kappa shape index (κ2) is 20.2. The third-order valence-corrected chi connectivity index (χ3v) is 9.28. The molecule has 0 saturated heterocycles. The number of anilines is 1. The average molecular weight is 632 g/mol. The summed E-state index contributed by atoms with van der Waals surface area (Å²) < 4.78 is 0. The van der Waals surface area contributed by atoms with Crippen LogP contribution in [0.4, 0.5) is 5.69 Å². The van der Waals surface area contributed by atoms with Crippen molar-refractivity contribution in [3.05, 3.63) is 119 Å². The summed E-state index contributed by atoms with van der Waals surface area (Å²) in [5.74, 6) is -0.401. The highest BCUT2D eigenvalue weighted by Gasteiger charge is 2.25. The molecule has 0 saturated carbocycles. The molecule has 0 bridgehead atoms. The molecular weight excluding hydrogens is 578 g/mol. The van der Waals surface area contributed by atoms with E-state index in [0.717, 1.165) is 18.4 Å². The minimum absolute atomic E-state index is 0.00836. The number of nitrogens with zero attached hydrogens (tertiary/aromatic N) is 1. The van der Waals surface area contributed by atoms with Gasteiger partial charge in [-0.05, 0) is 41.3 Å². The molecule has 0 spiro atoms. The molecule has 4 nitrogen and oxygen atoms in total. The number of unbranched alkanes of at least 4 members (excludes halogenated alkanes) is 14. The van der Waals surface area contributed by atoms with Crippen molar-refractivity contribution in [1.82, 2.24) is 0 Å². The summed E-state index contributed by atoms with van der Waals surface area (Å²) in [6.45, 7) is 2.28. The average Bonchev–Trinajstić information content (AvgIpc) is 3.45. The van der Waals surface area contributed by atoms with Gasteiger partial charge in [0.25, 0.3) is 11.8 Å². The molecular formula is C43H53NO3. The Bertz CT molecular complexity index is 1420. The second-order valence-electron chi connectivity index (χ2n) is 13.0. The number of carbonyl (C=O) groups excluding carboxylic acids is 3. The van der Waals surface area contributed by atoms with Crippen molar-refractivity contribution in [2.24, 2.45) is 0 Å². The van der Waals surface area contributed by atoms with Crippen LogP contribution in [0.2, 0.25) is 0 Å². The molecule has 4 rings (SSSR count). The molecule has 0 fully saturated rings. The fourth-order valence-electron chi connectivity index (χ4n) is 6.47. The number of hydrogen-bond acceptors (Lipinski definition) is 3. The lowest BCUT2D eigenvalue weighted by Gasteiger charge is -2.20. The Morgan fingerprint density at radius 1 is 0.596 bits per heavy atom. The maximum atomic E-state index is 12.5. The van der Waals surface area contributed by atoms with Crippen LogP contribution in [0.15, 0.2) is 97.1 Å². The Hall–Kier alpha value is -4.05. The predicted octanol–water partition coefficient (Wildman–Crippen LogP) is 11.4. The fourth-order valence-corrected chi connectivity index (χ4v) is 6.47. The van der Waals surface area contributed by atoms with Gasteiger partial charge in [0.1, 0.15) is 0 Å². The summed E-state index contributed by atoms with van der Waals surface area (Å²) in [4.78, 5) is 38.1. The predicted molar refractivity (Wildman–Crippen MR) is 196 cm³/mol. The molecule has 0 aliphatic carbocycles. The molecule has 4 heteroatoms. The van der Waals surface area contributed by atoms with Crippen molar-refractivity contribution >= 4 is 29.4 Å². The third-order valence-electron chi connectivity index (χ3n) is 9.28. The van der Waals surface area contributed by atoms with E-state index in [1.165, 1.54) is 118 Å². The van der Waals surface area contributed by atoms with E-state index in [9.17, 15) is 14.4 Å². The normalized spacial score (nSPS) is 13.6. The topological polar surface area (TPSA) is 54.5 Å². The number of rotatable bonds is 22. The highest BCUT2D eigenvalue weighted by molar-refractivity contribution is 6.28. The molecule has 1 atom stereocenters. The van der Waals surface area contributed by atoms with E-state index in [-0.39, 0.29) is 23.5 Å². The van der Waals surface area contributed by atoms with E-state index < -0.39 is 0 Å². The Balaban J connectivity index is 1.27. The molecule has 0 radical (unpaired) electrons. The number of amides is 2. The summed E-state index contributed by atoms with van der Waals surface area (Å²) in [6.07, 6.45) is 27.4. The first-order valence-electron chi connectivity index (χ1n) is 18.1. The van der Waals surface area contributed by atoms with E-state index in [2.05, 4.69) is 43.3 Å². The van der Waals surface area contributed by atoms with Gasteiger partial charge in [-0.15, -0.1) is 0 Å². The van der Waals surface area contributed by atoms with E-state index >= 15 is 0 Å². The standard InChI is InChI=1S/C43H53NO3/c1-2-3-4-5-6-7-8-9-10-11-12-13-14-15-19-22-40(37-28-30-39(31-29-37)44-42(46)33-34-43(44)47)36-26-23-35(24-27-36)25-32-41(45)38-20-17-16-18-21-38/h16-18,20-21,23-34,40H,2-15,19,22H2,1H3. The molecule has 1 heterocycles. The lowest BCUT2D eigenvalue weighted by atomic mass is 9.86. The van der Waals surface area contributed by atoms with Gasteiger partial charge in [-0.2, -0.15) is 0 Å². The first-order chi connectivity index (χ1) is 23.1. The summed E-state index contributed by atoms with van der Waals surface area (Å²) in [5, 5.41) is 0. The van der Waals surface area contributed by atoms with Crippen LogP contribution in [0.3, 0.4) is 0 Å². The maximum absolute atomic E-state index is 12.5. The SMILES string of the molecule is CCCCCCCCCCCCCCCCCC(c1ccc(C=CC(=O)c2ccccc2)cc1)c1ccc(N2C(=O)C=CC2=O)cc1. The van der Waals surface area contributed by atoms with Gasteiger partial charge in [-0.1, -0.05) is 176 Å². The minimum Gasteiger partial charge on any atom is -0.289 e. The number of benzene rings is 3. The number of hydrogen-bond donors (Lipinski definition) is 0. The first kappa shape index (κ1) is 35.8. The lowest BCUT2D eigenvalue weighted by Crippen LogP contribution is -2.29. The van der Waals surface area contributed by atoms with Crippen LogP contribution in [0.1, 0.15) is 143 Å². The molecule has 3 aromatic carbocycles. The Kier molecular flexibility index (Phi) is 15.4. The molecule has 1 aliphatic heterocycles. The summed E-state index contributed by atoms with van der Waals surface area (Å²) in [5.41, 5.74) is 4.67. The van der Waals surface area contributed by atoms with Gasteiger partial charge in [0, 0.05) is 23.6 Å². The van der Waals surface area contributed by atoms with Gasteiger partial charge in [-0.3, -0.25) is 14.4 Å². The van der Waals surface area contributed by atoms with Gasteiger partial charge >= 0.3 is 0 Å². The molecule has 47 heavy (non-hydrogen) atoms. The first-order valence-corrected chi connectivity index (χ1v) is 18.1. The highest BCUT2D eigenvalue weighted by atomic mass is 16.2. The Morgan fingerprint density at radius 3 is 1.57 bits per heavy atom. The fraction of sp³-hybridized carbons (Fsp3) is 0.419. The molecule has 248 valence electrons. The zero-order valence-corrected chi connectivity index (χ0v) is 28.4. The summed E-state index contributed by atoms with van der Waals surface area (Å²) >= 11 is 0. The Morgan fingerprint density at radius 2 is 1.06 bits per heavy atom. The van der Waals surface area contributed by atoms with Crippen LogP contribution in [0.25, 0.3) is 6.08 Å². The third kappa shape index (κ3) is 11.9. The number of carbonyl (C=O) groups is 3. The number of allylic oxidation sites excluding steroid dienone is 1. The van der Waals surface area contributed by atoms with Crippen LogP contribution in [-0.4, -0.2) is 17.6 Å². The second-order valence-corrected chi connectivity index (χ2v) is 13.0. The largest absolute Gasteiger partial charge is 0.289 e. The monoisotopic (exact) mass is 631 g/mol. The van der Waals surface area contributed by atoms with Crippen LogP contribution >= 0.6 is 0 Å². The van der Waals surface area contributed by atoms with Crippen LogP contribution in [-0.2, 0) is 9.59 Å². The van der Waals surface area contributed by atoms with E-state index in [4.69, 9.17) is 0 Å². The molecule has 1 unspecified atom stereocenters. The van der Waals surface area contributed by atoms with Crippen molar-refractivity contribution in [1.29, 1.82) is 0 Å². The summed E-state index contributed by atoms with van der Waals surface area (Å²) in [6, 6.07) is 25.6. The zero-order chi connectivity index (χ0) is 33.1. The minimum atomic E-state index is -0.300. The molecule has 3 aromatic rings. The van der Waals surface area contributed by atoms with Crippen molar-refractivity contribution < 1.29 is 14.4 Å². The van der Waals surface area contributed by atoms with Crippen molar-refractivity contribution in [3.8, 4) is 0 Å². The Labute approximate surface area is 283 Å². The summed E-state index contributed by atoms with van der Waals surface area (Å²) in [7, 11) is 0. The quantitative estimate of drug-likeness (QED) is 0.0480. The van der Waals surface area contributed by atoms with Gasteiger partial charge in [0.15, 0.2) is 5.78 Å². The zero-order valence-electron chi connectivity index (χ0n) is 28.4. The molecule has 0 aromatic heterocycles. The smallest absolute Gasteiger partial charge is 0.258 e. The van der Waals surface area contributed by atoms with E-state index in [1.54, 1.807) is 6.08 Å². The number of imide groups is 1. The van der Waals surface area contributed by atoms with Crippen LogP contribution in [0.5, 0.6) is 0 Å². The number of ketones is 1. The highest BCUT2D eigenvalue weighted by Crippen LogP contribution is 2.32. The van der Waals surface area contributed by atoms with Gasteiger partial charge in [-0.25, -0.2) is 4.90 Å². The van der Waals surface area contributed by atoms with Crippen molar-refractivity contribution in [2.45, 2.75) is 116 Å². The van der Waals surface area contributed by atoms with Gasteiger partial charge in [0.05, 0.1) is 5.69 Å². The lowest BCUT2D eigenvalue weighted by molar-refractivity contribution is -0.119.